The molecule has 0 aliphatic carbocycles. The molecule has 0 amide bonds. The largest absolute Gasteiger partial charge is 0.490 e. The van der Waals surface area contributed by atoms with Crippen LogP contribution >= 0.6 is 12.2 Å². The lowest BCUT2D eigenvalue weighted by Gasteiger charge is -2.50. The summed E-state index contributed by atoms with van der Waals surface area (Å²) in [6.07, 6.45) is 0. The number of benzene rings is 1. The molecular formula is C16H20N2O4S. The van der Waals surface area contributed by atoms with Gasteiger partial charge in [-0.2, -0.15) is 0 Å². The molecule has 2 bridgehead atoms. The Morgan fingerprint density at radius 1 is 1.39 bits per heavy atom. The third kappa shape index (κ3) is 2.59. The van der Waals surface area contributed by atoms with Crippen molar-refractivity contribution in [1.29, 1.82) is 0 Å². The molecule has 3 unspecified atom stereocenters. The predicted molar refractivity (Wildman–Crippen MR) is 88.4 cm³/mol. The third-order valence-corrected chi connectivity index (χ3v) is 4.29. The van der Waals surface area contributed by atoms with Crippen LogP contribution in [0.15, 0.2) is 18.2 Å². The number of carbonyl (C=O) groups excluding carboxylic acids is 1. The van der Waals surface area contributed by atoms with Crippen LogP contribution in [-0.2, 0) is 9.53 Å². The molecule has 2 aliphatic heterocycles. The Morgan fingerprint density at radius 3 is 2.87 bits per heavy atom. The molecule has 6 nitrogen and oxygen atoms in total. The average molecular weight is 336 g/mol. The molecule has 2 heterocycles. The number of thiocarbonyl (C=S) groups is 1. The lowest BCUT2D eigenvalue weighted by molar-refractivity contribution is -0.162. The zero-order valence-electron chi connectivity index (χ0n) is 13.3. The summed E-state index contributed by atoms with van der Waals surface area (Å²) in [6, 6.07) is 5.32. The van der Waals surface area contributed by atoms with Gasteiger partial charge >= 0.3 is 5.97 Å². The number of rotatable bonds is 4. The molecule has 23 heavy (non-hydrogen) atoms. The molecule has 1 aromatic rings. The van der Waals surface area contributed by atoms with Crippen LogP contribution in [0.5, 0.6) is 11.5 Å². The van der Waals surface area contributed by atoms with Crippen molar-refractivity contribution in [2.45, 2.75) is 32.5 Å². The van der Waals surface area contributed by atoms with Gasteiger partial charge in [0.25, 0.3) is 0 Å². The zero-order chi connectivity index (χ0) is 16.6. The minimum atomic E-state index is -0.987. The summed E-state index contributed by atoms with van der Waals surface area (Å²) >= 11 is 5.26. The first-order chi connectivity index (χ1) is 11.0. The van der Waals surface area contributed by atoms with Gasteiger partial charge in [0.1, 0.15) is 5.92 Å². The molecule has 0 spiro atoms. The van der Waals surface area contributed by atoms with Gasteiger partial charge in [-0.05, 0) is 39.1 Å². The van der Waals surface area contributed by atoms with Crippen molar-refractivity contribution >= 4 is 23.3 Å². The number of ether oxygens (including phenoxy) is 3. The van der Waals surface area contributed by atoms with E-state index in [1.165, 1.54) is 0 Å². The Hall–Kier alpha value is -2.02. The van der Waals surface area contributed by atoms with Crippen molar-refractivity contribution in [3.8, 4) is 11.5 Å². The van der Waals surface area contributed by atoms with E-state index in [4.69, 9.17) is 26.4 Å². The smallest absolute Gasteiger partial charge is 0.317 e. The maximum absolute atomic E-state index is 12.5. The molecule has 1 aromatic carbocycles. The van der Waals surface area contributed by atoms with Crippen LogP contribution < -0.4 is 20.1 Å². The van der Waals surface area contributed by atoms with Gasteiger partial charge in [-0.25, -0.2) is 0 Å². The molecule has 7 heteroatoms. The van der Waals surface area contributed by atoms with Gasteiger partial charge in [-0.1, -0.05) is 12.1 Å². The van der Waals surface area contributed by atoms with Crippen molar-refractivity contribution < 1.29 is 19.0 Å². The molecule has 0 saturated carbocycles. The lowest BCUT2D eigenvalue weighted by Crippen LogP contribution is -2.70. The van der Waals surface area contributed by atoms with Crippen molar-refractivity contribution in [2.24, 2.45) is 5.92 Å². The first-order valence-corrected chi connectivity index (χ1v) is 8.11. The molecule has 1 saturated heterocycles. The second-order valence-electron chi connectivity index (χ2n) is 5.62. The average Bonchev–Trinajstić information content (AvgIpc) is 2.47. The van der Waals surface area contributed by atoms with Crippen molar-refractivity contribution in [2.75, 3.05) is 13.2 Å². The first-order valence-electron chi connectivity index (χ1n) is 7.70. The van der Waals surface area contributed by atoms with Crippen LogP contribution in [0.1, 0.15) is 32.4 Å². The molecular weight excluding hydrogens is 316 g/mol. The standard InChI is InChI=1S/C16H20N2O4S/c1-4-20-10-8-6-7-9-12-11(14(19)21-5-2)16(3,22-13(9)10)18-15(23)17-12/h6-8,11-12H,4-5H2,1-3H3,(H2,17,18,23). The van der Waals surface area contributed by atoms with E-state index in [0.717, 1.165) is 5.56 Å². The van der Waals surface area contributed by atoms with E-state index in [1.54, 1.807) is 13.8 Å². The normalized spacial score (nSPS) is 27.9. The Balaban J connectivity index is 2.10. The number of hydrogen-bond acceptors (Lipinski definition) is 5. The first kappa shape index (κ1) is 15.9. The fourth-order valence-electron chi connectivity index (χ4n) is 3.19. The number of carbonyl (C=O) groups is 1. The molecule has 0 radical (unpaired) electrons. The monoisotopic (exact) mass is 336 g/mol. The number of fused-ring (bicyclic) bond motifs is 4. The van der Waals surface area contributed by atoms with Crippen molar-refractivity contribution in [3.63, 3.8) is 0 Å². The highest BCUT2D eigenvalue weighted by molar-refractivity contribution is 7.80. The summed E-state index contributed by atoms with van der Waals surface area (Å²) < 4.78 is 17.1. The summed E-state index contributed by atoms with van der Waals surface area (Å²) in [5, 5.41) is 6.69. The number of para-hydroxylation sites is 1. The van der Waals surface area contributed by atoms with Gasteiger partial charge in [0.2, 0.25) is 0 Å². The third-order valence-electron chi connectivity index (χ3n) is 4.07. The van der Waals surface area contributed by atoms with E-state index in [1.807, 2.05) is 25.1 Å². The zero-order valence-corrected chi connectivity index (χ0v) is 14.2. The fourth-order valence-corrected chi connectivity index (χ4v) is 3.52. The molecule has 3 atom stereocenters. The lowest BCUT2D eigenvalue weighted by atomic mass is 9.80. The highest BCUT2D eigenvalue weighted by Crippen LogP contribution is 2.48. The summed E-state index contributed by atoms with van der Waals surface area (Å²) in [5.41, 5.74) is -0.144. The van der Waals surface area contributed by atoms with Gasteiger partial charge in [0.05, 0.1) is 19.3 Å². The highest BCUT2D eigenvalue weighted by Gasteiger charge is 2.56. The number of hydrogen-bond donors (Lipinski definition) is 2. The van der Waals surface area contributed by atoms with Gasteiger partial charge in [0, 0.05) is 5.56 Å². The Bertz CT molecular complexity index is 651. The van der Waals surface area contributed by atoms with Crippen LogP contribution in [-0.4, -0.2) is 30.0 Å². The van der Waals surface area contributed by atoms with Crippen LogP contribution in [0.25, 0.3) is 0 Å². The predicted octanol–water partition coefficient (Wildman–Crippen LogP) is 1.89. The van der Waals surface area contributed by atoms with Gasteiger partial charge in [-0.3, -0.25) is 4.79 Å². The van der Waals surface area contributed by atoms with E-state index in [0.29, 0.717) is 29.8 Å². The molecule has 124 valence electrons. The molecule has 1 fully saturated rings. The number of nitrogens with one attached hydrogen (secondary N) is 2. The molecule has 3 rings (SSSR count). The highest BCUT2D eigenvalue weighted by atomic mass is 32.1. The number of esters is 1. The fraction of sp³-hybridized carbons (Fsp3) is 0.500. The second-order valence-corrected chi connectivity index (χ2v) is 6.03. The minimum Gasteiger partial charge on any atom is -0.490 e. The van der Waals surface area contributed by atoms with Gasteiger partial charge in [0.15, 0.2) is 22.3 Å². The summed E-state index contributed by atoms with van der Waals surface area (Å²) in [6.45, 7) is 6.35. The Labute approximate surface area is 140 Å². The van der Waals surface area contributed by atoms with Crippen molar-refractivity contribution in [3.05, 3.63) is 23.8 Å². The van der Waals surface area contributed by atoms with Gasteiger partial charge < -0.3 is 24.8 Å². The summed E-state index contributed by atoms with van der Waals surface area (Å²) in [5.74, 6) is 0.401. The van der Waals surface area contributed by atoms with Gasteiger partial charge in [-0.15, -0.1) is 0 Å². The van der Waals surface area contributed by atoms with E-state index in [2.05, 4.69) is 10.6 Å². The maximum atomic E-state index is 12.5. The Morgan fingerprint density at radius 2 is 2.17 bits per heavy atom. The van der Waals surface area contributed by atoms with Crippen LogP contribution in [0.2, 0.25) is 0 Å². The second kappa shape index (κ2) is 5.88. The minimum absolute atomic E-state index is 0.314. The topological polar surface area (TPSA) is 68.8 Å². The van der Waals surface area contributed by atoms with E-state index in [9.17, 15) is 4.79 Å². The quantitative estimate of drug-likeness (QED) is 0.643. The van der Waals surface area contributed by atoms with Crippen LogP contribution in [0.4, 0.5) is 0 Å². The summed E-state index contributed by atoms with van der Waals surface area (Å²) in [7, 11) is 0. The van der Waals surface area contributed by atoms with E-state index >= 15 is 0 Å². The summed E-state index contributed by atoms with van der Waals surface area (Å²) in [4.78, 5) is 12.5. The van der Waals surface area contributed by atoms with Crippen LogP contribution in [0.3, 0.4) is 0 Å². The maximum Gasteiger partial charge on any atom is 0.317 e. The SMILES string of the molecule is CCOC(=O)C1C2NC(=S)NC1(C)Oc1c(OCC)cccc12. The molecule has 2 N–H and O–H groups in total. The molecule has 0 aromatic heterocycles. The molecule has 2 aliphatic rings. The van der Waals surface area contributed by atoms with E-state index < -0.39 is 11.6 Å². The van der Waals surface area contributed by atoms with Crippen LogP contribution in [0, 0.1) is 5.92 Å². The van der Waals surface area contributed by atoms with E-state index in [-0.39, 0.29) is 12.0 Å². The Kier molecular flexibility index (Phi) is 4.06. The van der Waals surface area contributed by atoms with Crippen molar-refractivity contribution in [1.82, 2.24) is 10.6 Å².